The monoisotopic (exact) mass is 622 g/mol. The Morgan fingerprint density at radius 3 is 2.39 bits per heavy atom. The van der Waals surface area contributed by atoms with E-state index in [4.69, 9.17) is 0 Å². The fraction of sp³-hybridized carbons (Fsp3) is 0.371. The van der Waals surface area contributed by atoms with Gasteiger partial charge in [0, 0.05) is 77.4 Å². The minimum Gasteiger partial charge on any atom is -0.375 e. The fourth-order valence-electron chi connectivity index (χ4n) is 6.66. The molecule has 0 aliphatic carbocycles. The molecule has 0 unspecified atom stereocenters. The van der Waals surface area contributed by atoms with Gasteiger partial charge in [0.1, 0.15) is 5.56 Å². The van der Waals surface area contributed by atoms with E-state index >= 15 is 0 Å². The molecule has 11 nitrogen and oxygen atoms in total. The largest absolute Gasteiger partial charge is 0.375 e. The van der Waals surface area contributed by atoms with Crippen LogP contribution in [-0.2, 0) is 33.6 Å². The lowest BCUT2D eigenvalue weighted by molar-refractivity contribution is 0.101. The number of nitrogens with one attached hydrogen (secondary N) is 3. The van der Waals surface area contributed by atoms with E-state index in [1.54, 1.807) is 13.1 Å². The number of benzene rings is 2. The summed E-state index contributed by atoms with van der Waals surface area (Å²) >= 11 is 0. The van der Waals surface area contributed by atoms with Gasteiger partial charge in [-0.05, 0) is 67.7 Å². The Hall–Kier alpha value is -4.74. The summed E-state index contributed by atoms with van der Waals surface area (Å²) in [6.45, 7) is 6.23. The van der Waals surface area contributed by atoms with Crippen molar-refractivity contribution in [1.82, 2.24) is 24.3 Å². The summed E-state index contributed by atoms with van der Waals surface area (Å²) in [5.74, 6) is -0.338. The second kappa shape index (κ2) is 12.9. The van der Waals surface area contributed by atoms with Gasteiger partial charge in [-0.15, -0.1) is 0 Å². The number of para-hydroxylation sites is 1. The molecule has 2 aliphatic heterocycles. The van der Waals surface area contributed by atoms with Crippen molar-refractivity contribution >= 4 is 28.9 Å². The summed E-state index contributed by atoms with van der Waals surface area (Å²) in [6, 6.07) is 13.2. The molecule has 46 heavy (non-hydrogen) atoms. The van der Waals surface area contributed by atoms with Crippen LogP contribution in [0.1, 0.15) is 56.3 Å². The Balaban J connectivity index is 1.29. The molecule has 0 spiro atoms. The SMILES string of the molecule is Cc1c(NC(=O)c2cc(CN3CCCC3)cn(C)c2=O)cccc1-c1cccc(NC(=O)c2nc3c(n2C)CCNC3)c1N(C)C. The number of aryl methyl sites for hydroxylation is 1. The average molecular weight is 623 g/mol. The van der Waals surface area contributed by atoms with Crippen molar-refractivity contribution in [2.75, 3.05) is 49.3 Å². The Morgan fingerprint density at radius 2 is 1.67 bits per heavy atom. The normalized spacial score (nSPS) is 14.6. The zero-order chi connectivity index (χ0) is 32.5. The third-order valence-electron chi connectivity index (χ3n) is 9.02. The van der Waals surface area contributed by atoms with Crippen LogP contribution >= 0.6 is 0 Å². The molecule has 2 aromatic carbocycles. The van der Waals surface area contributed by atoms with E-state index < -0.39 is 5.91 Å². The smallest absolute Gasteiger partial charge is 0.291 e. The van der Waals surface area contributed by atoms with Crippen LogP contribution in [0.25, 0.3) is 11.1 Å². The number of nitrogens with zero attached hydrogens (tertiary/aromatic N) is 5. The molecule has 240 valence electrons. The first-order valence-electron chi connectivity index (χ1n) is 15.8. The number of anilines is 3. The van der Waals surface area contributed by atoms with Crippen LogP contribution in [0.5, 0.6) is 0 Å². The predicted octanol–water partition coefficient (Wildman–Crippen LogP) is 3.91. The summed E-state index contributed by atoms with van der Waals surface area (Å²) in [7, 11) is 7.45. The molecule has 2 aromatic heterocycles. The first-order valence-corrected chi connectivity index (χ1v) is 15.8. The molecule has 1 saturated heterocycles. The van der Waals surface area contributed by atoms with Crippen molar-refractivity contribution in [3.05, 3.63) is 92.9 Å². The first-order chi connectivity index (χ1) is 22.1. The number of carbonyl (C=O) groups is 2. The van der Waals surface area contributed by atoms with Gasteiger partial charge in [-0.3, -0.25) is 19.3 Å². The van der Waals surface area contributed by atoms with Crippen molar-refractivity contribution in [2.45, 2.75) is 39.3 Å². The number of fused-ring (bicyclic) bond motifs is 1. The van der Waals surface area contributed by atoms with Crippen LogP contribution in [0.15, 0.2) is 53.5 Å². The maximum atomic E-state index is 13.6. The summed E-state index contributed by atoms with van der Waals surface area (Å²) in [4.78, 5) is 49.0. The van der Waals surface area contributed by atoms with Gasteiger partial charge in [0.25, 0.3) is 17.4 Å². The molecule has 0 bridgehead atoms. The second-order valence-corrected chi connectivity index (χ2v) is 12.5. The van der Waals surface area contributed by atoms with Crippen LogP contribution in [0.4, 0.5) is 17.1 Å². The molecule has 1 fully saturated rings. The van der Waals surface area contributed by atoms with Crippen molar-refractivity contribution in [3.8, 4) is 11.1 Å². The van der Waals surface area contributed by atoms with Gasteiger partial charge in [0.05, 0.1) is 17.1 Å². The number of amides is 2. The molecule has 4 aromatic rings. The Morgan fingerprint density at radius 1 is 0.978 bits per heavy atom. The number of aromatic nitrogens is 3. The van der Waals surface area contributed by atoms with Crippen molar-refractivity contribution in [2.24, 2.45) is 14.1 Å². The maximum Gasteiger partial charge on any atom is 0.291 e. The predicted molar refractivity (Wildman–Crippen MR) is 182 cm³/mol. The van der Waals surface area contributed by atoms with Crippen molar-refractivity contribution < 1.29 is 9.59 Å². The van der Waals surface area contributed by atoms with Gasteiger partial charge < -0.3 is 30.0 Å². The molecule has 0 saturated carbocycles. The summed E-state index contributed by atoms with van der Waals surface area (Å²) in [5, 5.41) is 9.42. The summed E-state index contributed by atoms with van der Waals surface area (Å²) < 4.78 is 3.38. The minimum atomic E-state index is -0.439. The molecule has 0 radical (unpaired) electrons. The highest BCUT2D eigenvalue weighted by atomic mass is 16.2. The molecule has 2 aliphatic rings. The van der Waals surface area contributed by atoms with Gasteiger partial charge >= 0.3 is 0 Å². The highest BCUT2D eigenvalue weighted by molar-refractivity contribution is 6.07. The summed E-state index contributed by atoms with van der Waals surface area (Å²) in [6.07, 6.45) is 4.99. The molecule has 4 heterocycles. The topological polar surface area (TPSA) is 117 Å². The molecule has 2 amide bonds. The van der Waals surface area contributed by atoms with Crippen LogP contribution in [0.3, 0.4) is 0 Å². The van der Waals surface area contributed by atoms with Gasteiger partial charge in [0.15, 0.2) is 5.82 Å². The zero-order valence-electron chi connectivity index (χ0n) is 27.2. The van der Waals surface area contributed by atoms with E-state index in [1.165, 1.54) is 17.4 Å². The van der Waals surface area contributed by atoms with E-state index in [0.717, 1.165) is 65.4 Å². The average Bonchev–Trinajstić information content (AvgIpc) is 3.67. The molecular formula is C35H42N8O3. The molecule has 0 atom stereocenters. The standard InChI is InChI=1S/C35H42N8O3/c1-22-24(10-8-12-27(22)38-33(44)26-18-23(20-41(4)35(26)46)21-43-16-6-7-17-43)25-11-9-13-28(31(25)40(2)3)39-34(45)32-37-29-19-36-15-14-30(29)42(32)5/h8-13,18,20,36H,6-7,14-17,19,21H2,1-5H3,(H,38,44)(H,39,45). The van der Waals surface area contributed by atoms with E-state index in [-0.39, 0.29) is 17.0 Å². The molecular weight excluding hydrogens is 580 g/mol. The van der Waals surface area contributed by atoms with Crippen LogP contribution < -0.4 is 26.4 Å². The van der Waals surface area contributed by atoms with Gasteiger partial charge in [-0.1, -0.05) is 24.3 Å². The van der Waals surface area contributed by atoms with Crippen LogP contribution in [0.2, 0.25) is 0 Å². The van der Waals surface area contributed by atoms with E-state index in [2.05, 4.69) is 25.8 Å². The number of likely N-dealkylation sites (tertiary alicyclic amines) is 1. The molecule has 6 rings (SSSR count). The lowest BCUT2D eigenvalue weighted by Gasteiger charge is -2.23. The minimum absolute atomic E-state index is 0.120. The van der Waals surface area contributed by atoms with E-state index in [9.17, 15) is 14.4 Å². The van der Waals surface area contributed by atoms with Crippen molar-refractivity contribution in [3.63, 3.8) is 0 Å². The third kappa shape index (κ3) is 6.08. The lowest BCUT2D eigenvalue weighted by atomic mass is 9.96. The number of pyridine rings is 1. The van der Waals surface area contributed by atoms with Crippen molar-refractivity contribution in [1.29, 1.82) is 0 Å². The lowest BCUT2D eigenvalue weighted by Crippen LogP contribution is -2.29. The first kappa shape index (κ1) is 31.3. The zero-order valence-corrected chi connectivity index (χ0v) is 27.2. The summed E-state index contributed by atoms with van der Waals surface area (Å²) in [5.41, 5.74) is 7.44. The highest BCUT2D eigenvalue weighted by Gasteiger charge is 2.24. The number of carbonyl (C=O) groups excluding carboxylic acids is 2. The fourth-order valence-corrected chi connectivity index (χ4v) is 6.66. The molecule has 3 N–H and O–H groups in total. The van der Waals surface area contributed by atoms with Crippen LogP contribution in [-0.4, -0.2) is 64.6 Å². The van der Waals surface area contributed by atoms with E-state index in [1.807, 2.05) is 80.1 Å². The second-order valence-electron chi connectivity index (χ2n) is 12.5. The van der Waals surface area contributed by atoms with Gasteiger partial charge in [-0.25, -0.2) is 4.98 Å². The van der Waals surface area contributed by atoms with E-state index in [0.29, 0.717) is 30.3 Å². The highest BCUT2D eigenvalue weighted by Crippen LogP contribution is 2.39. The van der Waals surface area contributed by atoms with Crippen LogP contribution in [0, 0.1) is 6.92 Å². The quantitative estimate of drug-likeness (QED) is 0.273. The van der Waals surface area contributed by atoms with Gasteiger partial charge in [0.2, 0.25) is 0 Å². The third-order valence-corrected chi connectivity index (χ3v) is 9.02. The number of rotatable bonds is 8. The molecule has 11 heteroatoms. The number of hydrogen-bond acceptors (Lipinski definition) is 7. The number of imidazole rings is 1. The Bertz CT molecular complexity index is 1870. The number of hydrogen-bond donors (Lipinski definition) is 3. The maximum absolute atomic E-state index is 13.6. The Labute approximate surface area is 269 Å². The Kier molecular flexibility index (Phi) is 8.79. The van der Waals surface area contributed by atoms with Gasteiger partial charge in [-0.2, -0.15) is 0 Å².